The summed E-state index contributed by atoms with van der Waals surface area (Å²) in [5.41, 5.74) is 0.241. The number of nitro groups is 1. The Morgan fingerprint density at radius 3 is 2.89 bits per heavy atom. The second-order valence-electron chi connectivity index (χ2n) is 3.36. The van der Waals surface area contributed by atoms with Crippen LogP contribution < -0.4 is 4.74 Å². The fraction of sp³-hybridized carbons (Fsp3) is 0.100. The lowest BCUT2D eigenvalue weighted by atomic mass is 10.2. The van der Waals surface area contributed by atoms with Crippen LogP contribution in [-0.4, -0.2) is 14.1 Å². The summed E-state index contributed by atoms with van der Waals surface area (Å²) in [6.45, 7) is -0.0270. The van der Waals surface area contributed by atoms with E-state index in [-0.39, 0.29) is 17.3 Å². The van der Waals surface area contributed by atoms with E-state index in [1.54, 1.807) is 18.3 Å². The highest BCUT2D eigenvalue weighted by atomic mass is 35.5. The summed E-state index contributed by atoms with van der Waals surface area (Å²) >= 11 is 9.87. The molecular formula is C10H8ClN3O3S. The molecule has 1 aromatic carbocycles. The van der Waals surface area contributed by atoms with Gasteiger partial charge in [0.15, 0.2) is 0 Å². The summed E-state index contributed by atoms with van der Waals surface area (Å²) in [7, 11) is 0. The number of nitro benzene ring substituents is 1. The third-order valence-corrected chi connectivity index (χ3v) is 2.78. The van der Waals surface area contributed by atoms with E-state index in [1.807, 2.05) is 0 Å². The first-order valence-corrected chi connectivity index (χ1v) is 5.65. The molecule has 0 saturated heterocycles. The molecular weight excluding hydrogens is 278 g/mol. The minimum absolute atomic E-state index is 0.0270. The van der Waals surface area contributed by atoms with Gasteiger partial charge in [0, 0.05) is 18.3 Å². The standard InChI is InChI=1S/C10H8ClN3O3S/c11-8-2-1-3-9(14(15)16)7(8)6-17-10-4-5-13(18)12-10/h1-5,18H,6H2. The Hall–Kier alpha value is -1.73. The van der Waals surface area contributed by atoms with Crippen LogP contribution >= 0.6 is 24.4 Å². The highest BCUT2D eigenvalue weighted by Crippen LogP contribution is 2.27. The van der Waals surface area contributed by atoms with Gasteiger partial charge in [-0.2, -0.15) is 0 Å². The van der Waals surface area contributed by atoms with E-state index in [4.69, 9.17) is 16.3 Å². The Bertz CT molecular complexity index is 587. The van der Waals surface area contributed by atoms with Crippen LogP contribution in [0.15, 0.2) is 30.5 Å². The fourth-order valence-electron chi connectivity index (χ4n) is 1.38. The lowest BCUT2D eigenvalue weighted by molar-refractivity contribution is -0.385. The number of thiol groups is 1. The molecule has 0 radical (unpaired) electrons. The van der Waals surface area contributed by atoms with Crippen LogP contribution in [0.1, 0.15) is 5.56 Å². The zero-order valence-electron chi connectivity index (χ0n) is 8.99. The van der Waals surface area contributed by atoms with E-state index in [0.29, 0.717) is 11.4 Å². The van der Waals surface area contributed by atoms with E-state index in [0.717, 1.165) is 0 Å². The number of ether oxygens (including phenoxy) is 1. The monoisotopic (exact) mass is 285 g/mol. The van der Waals surface area contributed by atoms with Gasteiger partial charge in [-0.25, -0.2) is 4.09 Å². The van der Waals surface area contributed by atoms with E-state index in [9.17, 15) is 10.1 Å². The van der Waals surface area contributed by atoms with Gasteiger partial charge in [0.05, 0.1) is 15.5 Å². The van der Waals surface area contributed by atoms with Crippen molar-refractivity contribution in [3.63, 3.8) is 0 Å². The molecule has 0 aliphatic carbocycles. The predicted octanol–water partition coefficient (Wildman–Crippen LogP) is 2.72. The number of rotatable bonds is 4. The molecule has 0 unspecified atom stereocenters. The Morgan fingerprint density at radius 1 is 1.50 bits per heavy atom. The first-order chi connectivity index (χ1) is 8.58. The third-order valence-electron chi connectivity index (χ3n) is 2.21. The number of hydrogen-bond donors (Lipinski definition) is 1. The molecule has 0 atom stereocenters. The zero-order chi connectivity index (χ0) is 13.1. The Morgan fingerprint density at radius 2 is 2.28 bits per heavy atom. The van der Waals surface area contributed by atoms with Crippen molar-refractivity contribution in [2.24, 2.45) is 0 Å². The second-order valence-corrected chi connectivity index (χ2v) is 4.17. The first-order valence-electron chi connectivity index (χ1n) is 4.87. The van der Waals surface area contributed by atoms with Gasteiger partial charge in [0.25, 0.3) is 5.69 Å². The molecule has 0 saturated carbocycles. The lowest BCUT2D eigenvalue weighted by Crippen LogP contribution is -2.02. The molecule has 0 fully saturated rings. The topological polar surface area (TPSA) is 70.2 Å². The molecule has 0 spiro atoms. The minimum atomic E-state index is -0.498. The molecule has 0 N–H and O–H groups in total. The molecule has 1 aromatic heterocycles. The quantitative estimate of drug-likeness (QED) is 0.533. The van der Waals surface area contributed by atoms with Gasteiger partial charge in [0.2, 0.25) is 5.88 Å². The summed E-state index contributed by atoms with van der Waals surface area (Å²) in [5.74, 6) is 0.319. The maximum Gasteiger partial charge on any atom is 0.277 e. The Kier molecular flexibility index (Phi) is 3.73. The molecule has 8 heteroatoms. The van der Waals surface area contributed by atoms with Crippen LogP contribution in [0.3, 0.4) is 0 Å². The van der Waals surface area contributed by atoms with Crippen LogP contribution in [0.2, 0.25) is 5.02 Å². The van der Waals surface area contributed by atoms with Gasteiger partial charge >= 0.3 is 0 Å². The van der Waals surface area contributed by atoms with Gasteiger partial charge in [0.1, 0.15) is 6.61 Å². The normalized spacial score (nSPS) is 10.3. The lowest BCUT2D eigenvalue weighted by Gasteiger charge is -2.05. The molecule has 94 valence electrons. The molecule has 2 rings (SSSR count). The van der Waals surface area contributed by atoms with Crippen LogP contribution in [0.25, 0.3) is 0 Å². The number of nitrogens with zero attached hydrogens (tertiary/aromatic N) is 3. The second kappa shape index (κ2) is 5.28. The molecule has 1 heterocycles. The Labute approximate surface area is 113 Å². The largest absolute Gasteiger partial charge is 0.471 e. The van der Waals surface area contributed by atoms with Crippen LogP contribution in [0.5, 0.6) is 5.88 Å². The molecule has 0 aliphatic rings. The average Bonchev–Trinajstić information content (AvgIpc) is 2.73. The van der Waals surface area contributed by atoms with Crippen molar-refractivity contribution in [2.45, 2.75) is 6.61 Å². The summed E-state index contributed by atoms with van der Waals surface area (Å²) in [6.07, 6.45) is 1.58. The number of aromatic nitrogens is 2. The number of benzene rings is 1. The van der Waals surface area contributed by atoms with Crippen LogP contribution in [-0.2, 0) is 6.61 Å². The van der Waals surface area contributed by atoms with E-state index >= 15 is 0 Å². The smallest absolute Gasteiger partial charge is 0.277 e. The van der Waals surface area contributed by atoms with E-state index in [2.05, 4.69) is 17.9 Å². The summed E-state index contributed by atoms with van der Waals surface area (Å²) in [4.78, 5) is 10.4. The molecule has 6 nitrogen and oxygen atoms in total. The summed E-state index contributed by atoms with van der Waals surface area (Å²) < 4.78 is 6.59. The molecule has 0 aliphatic heterocycles. The molecule has 0 bridgehead atoms. The number of hydrogen-bond acceptors (Lipinski definition) is 5. The molecule has 0 amide bonds. The highest BCUT2D eigenvalue weighted by molar-refractivity contribution is 7.78. The highest BCUT2D eigenvalue weighted by Gasteiger charge is 2.17. The molecule has 2 aromatic rings. The van der Waals surface area contributed by atoms with Crippen molar-refractivity contribution in [2.75, 3.05) is 0 Å². The predicted molar refractivity (Wildman–Crippen MR) is 69.0 cm³/mol. The van der Waals surface area contributed by atoms with Crippen molar-refractivity contribution in [1.29, 1.82) is 0 Å². The zero-order valence-corrected chi connectivity index (χ0v) is 10.6. The van der Waals surface area contributed by atoms with E-state index in [1.165, 1.54) is 16.2 Å². The fourth-order valence-corrected chi connectivity index (χ4v) is 1.76. The SMILES string of the molecule is O=[N+]([O-])c1cccc(Cl)c1COc1ccn(S)n1. The number of halogens is 1. The van der Waals surface area contributed by atoms with Gasteiger partial charge < -0.3 is 4.74 Å². The van der Waals surface area contributed by atoms with Gasteiger partial charge in [-0.15, -0.1) is 5.10 Å². The van der Waals surface area contributed by atoms with Gasteiger partial charge in [-0.05, 0) is 18.9 Å². The Balaban J connectivity index is 2.20. The van der Waals surface area contributed by atoms with Crippen molar-refractivity contribution >= 4 is 30.1 Å². The third kappa shape index (κ3) is 2.74. The summed E-state index contributed by atoms with van der Waals surface area (Å²) in [6, 6.07) is 6.06. The van der Waals surface area contributed by atoms with Crippen molar-refractivity contribution in [3.8, 4) is 5.88 Å². The first kappa shape index (κ1) is 12.7. The van der Waals surface area contributed by atoms with E-state index < -0.39 is 4.92 Å². The minimum Gasteiger partial charge on any atom is -0.471 e. The van der Waals surface area contributed by atoms with Crippen molar-refractivity contribution in [1.82, 2.24) is 9.19 Å². The van der Waals surface area contributed by atoms with Gasteiger partial charge in [-0.1, -0.05) is 17.7 Å². The average molecular weight is 286 g/mol. The van der Waals surface area contributed by atoms with Crippen molar-refractivity contribution < 1.29 is 9.66 Å². The molecule has 18 heavy (non-hydrogen) atoms. The summed E-state index contributed by atoms with van der Waals surface area (Å²) in [5, 5.41) is 15.0. The van der Waals surface area contributed by atoms with Crippen LogP contribution in [0.4, 0.5) is 5.69 Å². The van der Waals surface area contributed by atoms with Crippen LogP contribution in [0, 0.1) is 10.1 Å². The maximum atomic E-state index is 10.8. The maximum absolute atomic E-state index is 10.8. The van der Waals surface area contributed by atoms with Crippen molar-refractivity contribution in [3.05, 3.63) is 51.2 Å². The van der Waals surface area contributed by atoms with Gasteiger partial charge in [-0.3, -0.25) is 10.1 Å².